The Hall–Kier alpha value is -2.21. The Balaban J connectivity index is 2.06. The number of para-hydroxylation sites is 1. The zero-order valence-electron chi connectivity index (χ0n) is 10.7. The number of nitrogens with zero attached hydrogens (tertiary/aromatic N) is 2. The third-order valence-electron chi connectivity index (χ3n) is 2.86. The summed E-state index contributed by atoms with van der Waals surface area (Å²) in [7, 11) is 0. The van der Waals surface area contributed by atoms with E-state index in [2.05, 4.69) is 4.98 Å². The molecule has 0 aliphatic rings. The minimum absolute atomic E-state index is 0.0878. The molecule has 0 unspecified atom stereocenters. The van der Waals surface area contributed by atoms with Gasteiger partial charge < -0.3 is 14.1 Å². The molecule has 5 nitrogen and oxygen atoms in total. The third-order valence-corrected chi connectivity index (χ3v) is 3.77. The van der Waals surface area contributed by atoms with Crippen LogP contribution in [0, 0.1) is 6.92 Å². The molecule has 1 aromatic carbocycles. The summed E-state index contributed by atoms with van der Waals surface area (Å²) in [5, 5.41) is 11.4. The minimum atomic E-state index is -0.878. The Morgan fingerprint density at radius 1 is 1.45 bits per heavy atom. The molecule has 2 aromatic heterocycles. The predicted molar refractivity (Wildman–Crippen MR) is 74.9 cm³/mol. The van der Waals surface area contributed by atoms with E-state index in [1.54, 1.807) is 10.8 Å². The van der Waals surface area contributed by atoms with Gasteiger partial charge in [-0.2, -0.15) is 0 Å². The number of rotatable bonds is 4. The number of oxazole rings is 1. The Morgan fingerprint density at radius 3 is 2.95 bits per heavy atom. The van der Waals surface area contributed by atoms with Crippen molar-refractivity contribution in [1.82, 2.24) is 9.55 Å². The fraction of sp³-hybridized carbons (Fsp3) is 0.143. The van der Waals surface area contributed by atoms with E-state index in [1.807, 2.05) is 37.3 Å². The maximum Gasteiger partial charge on any atom is 0.323 e. The molecule has 6 heteroatoms. The van der Waals surface area contributed by atoms with Crippen LogP contribution in [0.3, 0.4) is 0 Å². The summed E-state index contributed by atoms with van der Waals surface area (Å²) in [4.78, 5) is 15.3. The number of carboxylic acids is 1. The van der Waals surface area contributed by atoms with Gasteiger partial charge in [0.1, 0.15) is 12.8 Å². The van der Waals surface area contributed by atoms with Gasteiger partial charge in [0.05, 0.1) is 10.7 Å². The number of aryl methyl sites for hydroxylation is 1. The molecule has 0 saturated heterocycles. The highest BCUT2D eigenvalue weighted by Crippen LogP contribution is 2.32. The maximum absolute atomic E-state index is 11.0. The van der Waals surface area contributed by atoms with E-state index in [4.69, 9.17) is 9.52 Å². The van der Waals surface area contributed by atoms with Crippen molar-refractivity contribution in [1.29, 1.82) is 0 Å². The first-order valence-electron chi connectivity index (χ1n) is 6.03. The quantitative estimate of drug-likeness (QED) is 0.798. The summed E-state index contributed by atoms with van der Waals surface area (Å²) in [5.74, 6) is -0.878. The van der Waals surface area contributed by atoms with Crippen molar-refractivity contribution in [3.05, 3.63) is 42.3 Å². The summed E-state index contributed by atoms with van der Waals surface area (Å²) < 4.78 is 7.07. The molecule has 1 N–H and O–H groups in total. The second-order valence-corrected chi connectivity index (χ2v) is 5.35. The molecular formula is C14H12N2O3S. The van der Waals surface area contributed by atoms with Crippen molar-refractivity contribution in [3.8, 4) is 0 Å². The number of hydrogen-bond acceptors (Lipinski definition) is 4. The monoisotopic (exact) mass is 288 g/mol. The molecule has 0 bridgehead atoms. The molecule has 20 heavy (non-hydrogen) atoms. The Bertz CT molecular complexity index is 776. The molecular weight excluding hydrogens is 276 g/mol. The van der Waals surface area contributed by atoms with Gasteiger partial charge in [-0.1, -0.05) is 18.2 Å². The molecule has 3 rings (SSSR count). The number of fused-ring (bicyclic) bond motifs is 1. The van der Waals surface area contributed by atoms with E-state index >= 15 is 0 Å². The molecule has 102 valence electrons. The van der Waals surface area contributed by atoms with Gasteiger partial charge in [0.15, 0.2) is 0 Å². The summed E-state index contributed by atoms with van der Waals surface area (Å²) in [5.41, 5.74) is 1.69. The van der Waals surface area contributed by atoms with Crippen LogP contribution < -0.4 is 0 Å². The van der Waals surface area contributed by atoms with Crippen LogP contribution >= 0.6 is 11.8 Å². The Morgan fingerprint density at radius 2 is 2.25 bits per heavy atom. The number of aliphatic carboxylic acids is 1. The SMILES string of the molecule is Cc1coc(Sc2cc3ccccc3n2CC(=O)O)n1. The Labute approximate surface area is 119 Å². The van der Waals surface area contributed by atoms with Crippen molar-refractivity contribution in [2.45, 2.75) is 23.7 Å². The van der Waals surface area contributed by atoms with Gasteiger partial charge in [-0.3, -0.25) is 4.79 Å². The second kappa shape index (κ2) is 5.05. The van der Waals surface area contributed by atoms with Crippen LogP contribution in [-0.2, 0) is 11.3 Å². The zero-order chi connectivity index (χ0) is 14.1. The number of aromatic nitrogens is 2. The van der Waals surface area contributed by atoms with Gasteiger partial charge >= 0.3 is 5.97 Å². The molecule has 0 fully saturated rings. The molecule has 0 amide bonds. The summed E-state index contributed by atoms with van der Waals surface area (Å²) in [6.45, 7) is 1.76. The van der Waals surface area contributed by atoms with E-state index < -0.39 is 5.97 Å². The van der Waals surface area contributed by atoms with Crippen molar-refractivity contribution >= 4 is 28.6 Å². The zero-order valence-corrected chi connectivity index (χ0v) is 11.6. The lowest BCUT2D eigenvalue weighted by Gasteiger charge is -2.05. The van der Waals surface area contributed by atoms with Gasteiger partial charge in [0.25, 0.3) is 5.22 Å². The lowest BCUT2D eigenvalue weighted by molar-refractivity contribution is -0.137. The van der Waals surface area contributed by atoms with Gasteiger partial charge in [-0.15, -0.1) is 0 Å². The van der Waals surface area contributed by atoms with Crippen LogP contribution in [0.2, 0.25) is 0 Å². The molecule has 0 atom stereocenters. The van der Waals surface area contributed by atoms with E-state index in [-0.39, 0.29) is 6.54 Å². The minimum Gasteiger partial charge on any atom is -0.480 e. The standard InChI is InChI=1S/C14H12N2O3S/c1-9-8-19-14(15-9)20-12-6-10-4-2-3-5-11(10)16(12)7-13(17)18/h2-6,8H,7H2,1H3,(H,17,18). The van der Waals surface area contributed by atoms with Crippen LogP contribution in [-0.4, -0.2) is 20.6 Å². The molecule has 2 heterocycles. The number of hydrogen-bond donors (Lipinski definition) is 1. The predicted octanol–water partition coefficient (Wildman–Crippen LogP) is 3.17. The lowest BCUT2D eigenvalue weighted by Crippen LogP contribution is -2.09. The highest BCUT2D eigenvalue weighted by Gasteiger charge is 2.14. The maximum atomic E-state index is 11.0. The van der Waals surface area contributed by atoms with Crippen LogP contribution in [0.25, 0.3) is 10.9 Å². The van der Waals surface area contributed by atoms with Gasteiger partial charge in [-0.05, 0) is 30.8 Å². The number of benzene rings is 1. The van der Waals surface area contributed by atoms with E-state index in [0.717, 1.165) is 21.6 Å². The summed E-state index contributed by atoms with van der Waals surface area (Å²) in [6.07, 6.45) is 1.58. The summed E-state index contributed by atoms with van der Waals surface area (Å²) >= 11 is 1.32. The van der Waals surface area contributed by atoms with Crippen molar-refractivity contribution in [3.63, 3.8) is 0 Å². The van der Waals surface area contributed by atoms with Crippen LogP contribution in [0.4, 0.5) is 0 Å². The first-order valence-corrected chi connectivity index (χ1v) is 6.85. The lowest BCUT2D eigenvalue weighted by atomic mass is 10.2. The molecule has 0 saturated carbocycles. The molecule has 0 aliphatic heterocycles. The highest BCUT2D eigenvalue weighted by atomic mass is 32.2. The van der Waals surface area contributed by atoms with Crippen molar-refractivity contribution in [2.75, 3.05) is 0 Å². The average molecular weight is 288 g/mol. The first-order chi connectivity index (χ1) is 9.63. The van der Waals surface area contributed by atoms with Gasteiger partial charge in [-0.25, -0.2) is 4.98 Å². The van der Waals surface area contributed by atoms with Gasteiger partial charge in [0, 0.05) is 10.9 Å². The van der Waals surface area contributed by atoms with E-state index in [9.17, 15) is 4.79 Å². The highest BCUT2D eigenvalue weighted by molar-refractivity contribution is 7.99. The Kier molecular flexibility index (Phi) is 3.23. The normalized spacial score (nSPS) is 11.1. The van der Waals surface area contributed by atoms with Crippen molar-refractivity contribution < 1.29 is 14.3 Å². The molecule has 0 spiro atoms. The fourth-order valence-electron chi connectivity index (χ4n) is 2.04. The van der Waals surface area contributed by atoms with Gasteiger partial charge in [0.2, 0.25) is 0 Å². The molecule has 3 aromatic rings. The van der Waals surface area contributed by atoms with E-state index in [0.29, 0.717) is 5.22 Å². The van der Waals surface area contributed by atoms with Crippen LogP contribution in [0.15, 0.2) is 51.3 Å². The van der Waals surface area contributed by atoms with E-state index in [1.165, 1.54) is 11.8 Å². The average Bonchev–Trinajstić information content (AvgIpc) is 2.95. The van der Waals surface area contributed by atoms with Crippen LogP contribution in [0.1, 0.15) is 5.69 Å². The molecule has 0 radical (unpaired) electrons. The third kappa shape index (κ3) is 2.42. The van der Waals surface area contributed by atoms with Crippen LogP contribution in [0.5, 0.6) is 0 Å². The molecule has 0 aliphatic carbocycles. The fourth-order valence-corrected chi connectivity index (χ4v) is 2.96. The first kappa shape index (κ1) is 12.8. The largest absolute Gasteiger partial charge is 0.480 e. The summed E-state index contributed by atoms with van der Waals surface area (Å²) in [6, 6.07) is 9.63. The van der Waals surface area contributed by atoms with Crippen molar-refractivity contribution in [2.24, 2.45) is 0 Å². The second-order valence-electron chi connectivity index (χ2n) is 4.38. The topological polar surface area (TPSA) is 68.3 Å². The smallest absolute Gasteiger partial charge is 0.323 e. The number of carbonyl (C=O) groups is 1. The number of carboxylic acid groups (broad SMARTS) is 1.